The molecule has 63 heteroatoms. The molecule has 12 atom stereocenters. The van der Waals surface area contributed by atoms with E-state index >= 15 is 0 Å². The molecule has 0 spiro atoms. The number of aromatic nitrogens is 8. The number of amides is 13. The summed E-state index contributed by atoms with van der Waals surface area (Å²) in [5.41, 5.74) is 21.8. The molecule has 6 rings (SSSR count). The van der Waals surface area contributed by atoms with Crippen molar-refractivity contribution in [2.24, 2.45) is 11.5 Å². The van der Waals surface area contributed by atoms with E-state index in [1.165, 1.54) is 60.9 Å². The fourth-order valence-corrected chi connectivity index (χ4v) is 13.4. The summed E-state index contributed by atoms with van der Waals surface area (Å²) < 4.78 is 0. The fourth-order valence-electron chi connectivity index (χ4n) is 13.1. The number of thiol groups is 1. The van der Waals surface area contributed by atoms with Gasteiger partial charge in [0.25, 0.3) is 22.9 Å². The van der Waals surface area contributed by atoms with Gasteiger partial charge in [-0.25, -0.2) is 34.3 Å². The smallest absolute Gasteiger partial charge is 0.327 e. The molecule has 2 aromatic carbocycles. The second-order valence-electron chi connectivity index (χ2n) is 31.8. The third-order valence-electron chi connectivity index (χ3n) is 20.5. The highest BCUT2D eigenvalue weighted by molar-refractivity contribution is 7.80. The van der Waals surface area contributed by atoms with Crippen molar-refractivity contribution >= 4 is 195 Å². The molecule has 0 radical (unpaired) electrons. The number of rotatable bonds is 62. The van der Waals surface area contributed by atoms with E-state index in [9.17, 15) is 151 Å². The molecular formula is C82H107N31O31S. The van der Waals surface area contributed by atoms with Gasteiger partial charge in [-0.2, -0.15) is 22.6 Å². The van der Waals surface area contributed by atoms with E-state index in [1.54, 1.807) is 0 Å². The number of nitrogens with one attached hydrogen (secondary N) is 21. The van der Waals surface area contributed by atoms with Crippen LogP contribution in [0.1, 0.15) is 142 Å². The quantitative estimate of drug-likeness (QED) is 0.00730. The Labute approximate surface area is 821 Å². The number of aromatic amines is 2. The van der Waals surface area contributed by atoms with Crippen molar-refractivity contribution in [3.05, 3.63) is 104 Å². The van der Waals surface area contributed by atoms with E-state index in [-0.39, 0.29) is 97.2 Å². The summed E-state index contributed by atoms with van der Waals surface area (Å²) in [6.45, 7) is 0.188. The number of carboxylic acid groups (broad SMARTS) is 8. The first kappa shape index (κ1) is 116. The monoisotopic (exact) mass is 2050 g/mol. The Balaban J connectivity index is 1.05. The number of hydrogen-bond acceptors (Lipinski definition) is 36. The lowest BCUT2D eigenvalue weighted by atomic mass is 10.1. The van der Waals surface area contributed by atoms with Gasteiger partial charge in [-0.1, -0.05) is 0 Å². The number of aliphatic carboxylic acids is 8. The summed E-state index contributed by atoms with van der Waals surface area (Å²) in [6, 6.07) is -12.3. The van der Waals surface area contributed by atoms with E-state index in [0.717, 1.165) is 6.92 Å². The molecule has 145 heavy (non-hydrogen) atoms. The number of nitrogen functional groups attached to an aromatic ring is 2. The number of fused-ring (bicyclic) bond motifs is 2. The van der Waals surface area contributed by atoms with Gasteiger partial charge >= 0.3 is 47.8 Å². The number of nitrogens with two attached hydrogens (primary N) is 4. The summed E-state index contributed by atoms with van der Waals surface area (Å²) in [6.07, 6.45) is -8.77. The summed E-state index contributed by atoms with van der Waals surface area (Å²) in [5.74, 6) is -32.1. The normalized spacial score (nSPS) is 13.4. The molecule has 0 aliphatic carbocycles. The fraction of sp³-hybridized carbons (Fsp3) is 0.427. The highest BCUT2D eigenvalue weighted by atomic mass is 32.1. The van der Waals surface area contributed by atoms with Gasteiger partial charge in [0.1, 0.15) is 72.5 Å². The Kier molecular flexibility index (Phi) is 45.3. The number of anilines is 4. The number of guanidine groups is 2. The molecule has 782 valence electrons. The van der Waals surface area contributed by atoms with Crippen LogP contribution in [0.15, 0.2) is 70.5 Å². The molecule has 0 saturated heterocycles. The maximum Gasteiger partial charge on any atom is 0.327 e. The van der Waals surface area contributed by atoms with Gasteiger partial charge in [0.15, 0.2) is 34.2 Å². The van der Waals surface area contributed by atoms with Crippen molar-refractivity contribution in [1.82, 2.24) is 120 Å². The Bertz CT molecular complexity index is 5960. The van der Waals surface area contributed by atoms with Crippen LogP contribution < -0.4 is 124 Å². The maximum absolute atomic E-state index is 14.2. The first-order valence-electron chi connectivity index (χ1n) is 43.6. The van der Waals surface area contributed by atoms with Gasteiger partial charge < -0.3 is 154 Å². The number of carbonyl (C=O) groups excluding carboxylic acids is 13. The summed E-state index contributed by atoms with van der Waals surface area (Å²) >= 11 is 3.93. The van der Waals surface area contributed by atoms with E-state index in [1.807, 2.05) is 5.32 Å². The molecule has 13 amide bonds. The molecule has 4 heterocycles. The van der Waals surface area contributed by atoms with Crippen LogP contribution in [0, 0.1) is 10.8 Å². The summed E-state index contributed by atoms with van der Waals surface area (Å²) in [4.78, 5) is 330. The van der Waals surface area contributed by atoms with Crippen LogP contribution in [0.25, 0.3) is 22.3 Å². The van der Waals surface area contributed by atoms with Gasteiger partial charge in [-0.05, 0) is 113 Å². The minimum Gasteiger partial charge on any atom is -0.481 e. The Morgan fingerprint density at radius 1 is 0.359 bits per heavy atom. The number of nitrogens with zero attached hydrogens (tertiary/aromatic N) is 6. The second-order valence-corrected chi connectivity index (χ2v) is 32.2. The molecule has 62 nitrogen and oxygen atoms in total. The van der Waals surface area contributed by atoms with Gasteiger partial charge in [0, 0.05) is 60.7 Å². The molecule has 0 saturated carbocycles. The Morgan fingerprint density at radius 3 is 1.00 bits per heavy atom. The van der Waals surface area contributed by atoms with Crippen molar-refractivity contribution in [2.45, 2.75) is 195 Å². The van der Waals surface area contributed by atoms with E-state index in [0.29, 0.717) is 22.8 Å². The molecule has 0 aliphatic heterocycles. The van der Waals surface area contributed by atoms with E-state index in [4.69, 9.17) is 33.8 Å². The molecule has 37 N–H and O–H groups in total. The third-order valence-corrected chi connectivity index (χ3v) is 20.8. The summed E-state index contributed by atoms with van der Waals surface area (Å²) in [5, 5.41) is 133. The van der Waals surface area contributed by atoms with Crippen molar-refractivity contribution in [3.8, 4) is 0 Å². The van der Waals surface area contributed by atoms with Crippen molar-refractivity contribution in [2.75, 3.05) is 47.5 Å². The van der Waals surface area contributed by atoms with Gasteiger partial charge in [-0.3, -0.25) is 117 Å². The predicted octanol–water partition coefficient (Wildman–Crippen LogP) is -9.18. The molecular weight excluding hydrogens is 1950 g/mol. The molecule has 1 unspecified atom stereocenters. The largest absolute Gasteiger partial charge is 0.481 e. The minimum atomic E-state index is -2.25. The summed E-state index contributed by atoms with van der Waals surface area (Å²) in [7, 11) is 0. The first-order valence-corrected chi connectivity index (χ1v) is 44.3. The number of benzene rings is 2. The number of unbranched alkanes of at least 4 members (excludes halogenated alkanes) is 1. The number of carbonyl (C=O) groups is 21. The molecule has 0 aliphatic rings. The number of carboxylic acids is 8. The topological polar surface area (TPSA) is 1020 Å². The zero-order chi connectivity index (χ0) is 108. The van der Waals surface area contributed by atoms with Crippen LogP contribution in [-0.2, 0) is 104 Å². The van der Waals surface area contributed by atoms with Crippen LogP contribution >= 0.6 is 12.6 Å². The first-order chi connectivity index (χ1) is 68.4. The predicted molar refractivity (Wildman–Crippen MR) is 501 cm³/mol. The standard InChI is InChI=1S/C82H107N31O31S/c1-34(96-70(133)49(27-57(122)123)107-67(130)42(7-4-22-90-79(83)84)102-71(134)47(25-55(118)119)99-52(114)19-17-44(76(139)140)104-64(127)35-9-13-37(14-10-35)92-29-39-31-94-61-59(97-39)74(137)112-81(87)110-61)63(126)101-41(69(132)109-51(33-145)78(143)144)6-2-3-21-89-66(129)46(24-54(116)117)106-73(136)50(28-58(124)125)108-68(131)43(8-5-23-91-80(85)86)103-72(135)48(26-56(120)121)100-53(115)20-18-45(77(141)142)105-65(128)36-11-15-38(16-12-36)93-30-40-32-95-62-60(98-40)75(138)113-82(88)111-62/h9-16,31-32,34,41-51,92-93,145H,2-8,17-30,33H2,1H3,(H,89,129)(H,96,133)(H,99,114)(H,100,115)(H,101,126)(H,102,134)(H,103,135)(H,104,127)(H,105,128)(H,106,136)(H,107,130)(H,108,131)(H,109,132)(H,116,117)(H,118,119)(H,120,121)(H,122,123)(H,124,125)(H,139,140)(H,141,142)(H,143,144)(H4,83,84,90)(H4,85,86,91)(H3,87,94,110,112,137)(H3,88,95,111,113,138)/t34-,41?,42-,43-,44-,45-,46-,47-,48-,49-,50-,51+/m0/s1. The molecule has 6 aromatic rings. The minimum absolute atomic E-state index is 0.00268. The van der Waals surface area contributed by atoms with Gasteiger partial charge in [0.2, 0.25) is 76.9 Å². The Morgan fingerprint density at radius 2 is 0.662 bits per heavy atom. The average Bonchev–Trinajstić information content (AvgIpc) is 0.810. The highest BCUT2D eigenvalue weighted by Crippen LogP contribution is 2.18. The molecule has 0 bridgehead atoms. The van der Waals surface area contributed by atoms with E-state index < -0.39 is 309 Å². The van der Waals surface area contributed by atoms with Crippen LogP contribution in [0.5, 0.6) is 0 Å². The molecule has 4 aromatic heterocycles. The van der Waals surface area contributed by atoms with Crippen LogP contribution in [0.4, 0.5) is 23.3 Å². The van der Waals surface area contributed by atoms with Crippen LogP contribution in [0.2, 0.25) is 0 Å². The number of hydrogen-bond donors (Lipinski definition) is 34. The van der Waals surface area contributed by atoms with Crippen molar-refractivity contribution in [3.63, 3.8) is 0 Å². The third kappa shape index (κ3) is 39.9. The van der Waals surface area contributed by atoms with Gasteiger partial charge in [-0.15, -0.1) is 0 Å². The van der Waals surface area contributed by atoms with E-state index in [2.05, 4.69) is 138 Å². The Hall–Kier alpha value is -18.2. The van der Waals surface area contributed by atoms with Crippen LogP contribution in [0.3, 0.4) is 0 Å². The molecule has 0 fully saturated rings. The second kappa shape index (κ2) is 56.8. The maximum atomic E-state index is 14.2. The number of H-pyrrole nitrogens is 2. The van der Waals surface area contributed by atoms with Crippen LogP contribution in [-0.4, -0.2) is 315 Å². The lowest BCUT2D eigenvalue weighted by molar-refractivity contribution is -0.143. The lowest BCUT2D eigenvalue weighted by Crippen LogP contribution is -2.59. The van der Waals surface area contributed by atoms with Crippen molar-refractivity contribution in [1.29, 1.82) is 10.8 Å². The highest BCUT2D eigenvalue weighted by Gasteiger charge is 2.38. The zero-order valence-electron chi connectivity index (χ0n) is 76.7. The van der Waals surface area contributed by atoms with Gasteiger partial charge in [0.05, 0.1) is 69.0 Å². The zero-order valence-corrected chi connectivity index (χ0v) is 77.6. The average molecular weight is 2060 g/mol. The lowest BCUT2D eigenvalue weighted by Gasteiger charge is -2.26. The van der Waals surface area contributed by atoms with Crippen molar-refractivity contribution < 1.29 is 142 Å². The SMILES string of the molecule is C[C@H](NC(=O)[C@H](CC(=O)O)NC(=O)[C@H](CCCNC(=N)N)NC(=O)[C@H](CC(=O)O)NC(=O)CC[C@H](NC(=O)c1ccc(NCc2cnc3nc(N)[nH]c(=O)c3n2)cc1)C(=O)O)C(=O)NC(CCCCNC(=O)[C@H](CC(=O)O)NC(=O)[C@H](CC(=O)O)NC(=O)[C@H](CCCNC(=N)N)NC(=O)[C@H](CC(=O)O)NC(=O)CC[C@H](NC(=O)c1ccc(NCc2cnc3nc(N)[nH]c(=O)c3n2)cc1)C(=O)O)C(=O)N[C@H](CS)C(=O)O.